The van der Waals surface area contributed by atoms with Gasteiger partial charge in [-0.15, -0.1) is 0 Å². The molecule has 1 heterocycles. The van der Waals surface area contributed by atoms with Crippen molar-refractivity contribution in [1.29, 1.82) is 0 Å². The molecule has 0 aliphatic heterocycles. The van der Waals surface area contributed by atoms with E-state index in [-0.39, 0.29) is 16.4 Å². The van der Waals surface area contributed by atoms with E-state index in [0.717, 1.165) is 11.1 Å². The van der Waals surface area contributed by atoms with Crippen molar-refractivity contribution in [2.75, 3.05) is 10.5 Å². The molecule has 0 spiro atoms. The SMILES string of the molecule is Cc1ccc(S(=O)(=O)Nc2c(N)cnn2C)cc1C. The summed E-state index contributed by atoms with van der Waals surface area (Å²) in [6, 6.07) is 4.97. The van der Waals surface area contributed by atoms with Crippen LogP contribution in [-0.2, 0) is 17.1 Å². The Morgan fingerprint density at radius 2 is 1.95 bits per heavy atom. The molecule has 0 unspecified atom stereocenters. The van der Waals surface area contributed by atoms with Gasteiger partial charge in [0.1, 0.15) is 0 Å². The third-order valence-electron chi connectivity index (χ3n) is 2.99. The zero-order valence-electron chi connectivity index (χ0n) is 11.0. The highest BCUT2D eigenvalue weighted by Crippen LogP contribution is 2.22. The second-order valence-electron chi connectivity index (χ2n) is 4.42. The monoisotopic (exact) mass is 280 g/mol. The number of sulfonamides is 1. The third-order valence-corrected chi connectivity index (χ3v) is 4.32. The summed E-state index contributed by atoms with van der Waals surface area (Å²) in [5.41, 5.74) is 7.92. The summed E-state index contributed by atoms with van der Waals surface area (Å²) >= 11 is 0. The van der Waals surface area contributed by atoms with Crippen LogP contribution in [0.25, 0.3) is 0 Å². The van der Waals surface area contributed by atoms with Crippen molar-refractivity contribution < 1.29 is 8.42 Å². The van der Waals surface area contributed by atoms with Crippen LogP contribution in [0.5, 0.6) is 0 Å². The molecule has 0 saturated carbocycles. The van der Waals surface area contributed by atoms with Crippen LogP contribution in [0.4, 0.5) is 11.5 Å². The molecule has 2 rings (SSSR count). The standard InChI is InChI=1S/C12H16N4O2S/c1-8-4-5-10(6-9(8)2)19(17,18)15-12-11(13)7-14-16(12)3/h4-7,15H,13H2,1-3H3. The predicted molar refractivity (Wildman–Crippen MR) is 74.3 cm³/mol. The van der Waals surface area contributed by atoms with Gasteiger partial charge in [0, 0.05) is 7.05 Å². The van der Waals surface area contributed by atoms with Gasteiger partial charge in [0.2, 0.25) is 0 Å². The first-order chi connectivity index (χ1) is 8.81. The number of nitrogen functional groups attached to an aromatic ring is 1. The largest absolute Gasteiger partial charge is 0.394 e. The second kappa shape index (κ2) is 4.58. The first-order valence-corrected chi connectivity index (χ1v) is 7.17. The minimum absolute atomic E-state index is 0.205. The molecule has 0 amide bonds. The van der Waals surface area contributed by atoms with E-state index in [1.807, 2.05) is 13.8 Å². The van der Waals surface area contributed by atoms with E-state index >= 15 is 0 Å². The van der Waals surface area contributed by atoms with Gasteiger partial charge in [-0.2, -0.15) is 5.10 Å². The van der Waals surface area contributed by atoms with E-state index in [4.69, 9.17) is 5.73 Å². The van der Waals surface area contributed by atoms with E-state index in [2.05, 4.69) is 9.82 Å². The lowest BCUT2D eigenvalue weighted by molar-refractivity contribution is 0.600. The van der Waals surface area contributed by atoms with Crippen LogP contribution in [0.15, 0.2) is 29.3 Å². The molecule has 0 radical (unpaired) electrons. The highest BCUT2D eigenvalue weighted by atomic mass is 32.2. The van der Waals surface area contributed by atoms with Gasteiger partial charge in [0.25, 0.3) is 10.0 Å². The Balaban J connectivity index is 2.41. The van der Waals surface area contributed by atoms with Crippen molar-refractivity contribution in [3.05, 3.63) is 35.5 Å². The highest BCUT2D eigenvalue weighted by Gasteiger charge is 2.18. The Kier molecular flexibility index (Phi) is 3.23. The molecule has 2 aromatic rings. The fraction of sp³-hybridized carbons (Fsp3) is 0.250. The Bertz CT molecular complexity index is 700. The molecule has 6 nitrogen and oxygen atoms in total. The summed E-state index contributed by atoms with van der Waals surface area (Å²) < 4.78 is 28.3. The number of nitrogens with two attached hydrogens (primary N) is 1. The van der Waals surface area contributed by atoms with E-state index in [1.54, 1.807) is 25.2 Å². The summed E-state index contributed by atoms with van der Waals surface area (Å²) in [5, 5.41) is 3.89. The second-order valence-corrected chi connectivity index (χ2v) is 6.11. The van der Waals surface area contributed by atoms with Crippen LogP contribution in [0.3, 0.4) is 0 Å². The number of aromatic nitrogens is 2. The summed E-state index contributed by atoms with van der Waals surface area (Å²) in [6.45, 7) is 3.80. The van der Waals surface area contributed by atoms with E-state index in [9.17, 15) is 8.42 Å². The molecule has 7 heteroatoms. The fourth-order valence-corrected chi connectivity index (χ4v) is 2.85. The van der Waals surface area contributed by atoms with Gasteiger partial charge >= 0.3 is 0 Å². The average Bonchev–Trinajstić information content (AvgIpc) is 2.64. The number of anilines is 2. The molecule has 0 atom stereocenters. The van der Waals surface area contributed by atoms with E-state index < -0.39 is 10.0 Å². The Morgan fingerprint density at radius 3 is 2.47 bits per heavy atom. The lowest BCUT2D eigenvalue weighted by atomic mass is 10.1. The lowest BCUT2D eigenvalue weighted by Crippen LogP contribution is -2.16. The molecule has 0 fully saturated rings. The first-order valence-electron chi connectivity index (χ1n) is 5.69. The summed E-state index contributed by atoms with van der Waals surface area (Å²) in [4.78, 5) is 0.205. The molecular weight excluding hydrogens is 264 g/mol. The molecule has 1 aromatic carbocycles. The summed E-state index contributed by atoms with van der Waals surface area (Å²) in [7, 11) is -2.04. The molecular formula is C12H16N4O2S. The minimum atomic E-state index is -3.66. The quantitative estimate of drug-likeness (QED) is 0.889. The lowest BCUT2D eigenvalue weighted by Gasteiger charge is -2.10. The zero-order valence-corrected chi connectivity index (χ0v) is 11.8. The number of rotatable bonds is 3. The van der Waals surface area contributed by atoms with Crippen LogP contribution in [0.2, 0.25) is 0 Å². The Labute approximate surface area is 112 Å². The molecule has 1 aromatic heterocycles. The van der Waals surface area contributed by atoms with Crippen molar-refractivity contribution in [3.8, 4) is 0 Å². The van der Waals surface area contributed by atoms with E-state index in [1.165, 1.54) is 10.9 Å². The first kappa shape index (κ1) is 13.4. The average molecular weight is 280 g/mol. The van der Waals surface area contributed by atoms with Gasteiger partial charge in [0.05, 0.1) is 16.8 Å². The molecule has 0 saturated heterocycles. The Hall–Kier alpha value is -2.02. The van der Waals surface area contributed by atoms with Gasteiger partial charge < -0.3 is 5.73 Å². The van der Waals surface area contributed by atoms with Crippen molar-refractivity contribution in [1.82, 2.24) is 9.78 Å². The molecule has 102 valence electrons. The number of nitrogens with one attached hydrogen (secondary N) is 1. The van der Waals surface area contributed by atoms with Crippen LogP contribution >= 0.6 is 0 Å². The van der Waals surface area contributed by atoms with Gasteiger partial charge in [0.15, 0.2) is 5.82 Å². The van der Waals surface area contributed by atoms with Gasteiger partial charge in [-0.25, -0.2) is 8.42 Å². The zero-order chi connectivity index (χ0) is 14.2. The smallest absolute Gasteiger partial charge is 0.263 e. The van der Waals surface area contributed by atoms with Gasteiger partial charge in [-0.1, -0.05) is 6.07 Å². The molecule has 0 aliphatic rings. The number of nitrogens with zero attached hydrogens (tertiary/aromatic N) is 2. The maximum atomic E-state index is 12.3. The van der Waals surface area contributed by atoms with Crippen molar-refractivity contribution in [3.63, 3.8) is 0 Å². The van der Waals surface area contributed by atoms with Crippen LogP contribution in [-0.4, -0.2) is 18.2 Å². The maximum Gasteiger partial charge on any atom is 0.263 e. The normalized spacial score (nSPS) is 11.5. The highest BCUT2D eigenvalue weighted by molar-refractivity contribution is 7.92. The summed E-state index contributed by atoms with van der Waals surface area (Å²) in [5.74, 6) is 0.262. The number of hydrogen-bond donors (Lipinski definition) is 2. The predicted octanol–water partition coefficient (Wildman–Crippen LogP) is 1.42. The van der Waals surface area contributed by atoms with Gasteiger partial charge in [-0.3, -0.25) is 9.40 Å². The minimum Gasteiger partial charge on any atom is -0.394 e. The number of hydrogen-bond acceptors (Lipinski definition) is 4. The van der Waals surface area contributed by atoms with Crippen molar-refractivity contribution in [2.24, 2.45) is 7.05 Å². The van der Waals surface area contributed by atoms with Gasteiger partial charge in [-0.05, 0) is 37.1 Å². The van der Waals surface area contributed by atoms with Crippen LogP contribution in [0, 0.1) is 13.8 Å². The third kappa shape index (κ3) is 2.55. The van der Waals surface area contributed by atoms with Crippen LogP contribution in [0.1, 0.15) is 11.1 Å². The van der Waals surface area contributed by atoms with Crippen molar-refractivity contribution >= 4 is 21.5 Å². The fourth-order valence-electron chi connectivity index (χ4n) is 1.65. The Morgan fingerprint density at radius 1 is 1.26 bits per heavy atom. The van der Waals surface area contributed by atoms with Crippen molar-refractivity contribution in [2.45, 2.75) is 18.7 Å². The number of aryl methyl sites for hydroxylation is 3. The maximum absolute atomic E-state index is 12.3. The molecule has 3 N–H and O–H groups in total. The molecule has 19 heavy (non-hydrogen) atoms. The van der Waals surface area contributed by atoms with Crippen LogP contribution < -0.4 is 10.5 Å². The van der Waals surface area contributed by atoms with E-state index in [0.29, 0.717) is 0 Å². The molecule has 0 aliphatic carbocycles. The number of benzene rings is 1. The molecule has 0 bridgehead atoms. The summed E-state index contributed by atoms with van der Waals surface area (Å²) in [6.07, 6.45) is 1.40. The topological polar surface area (TPSA) is 90.0 Å².